The number of likely N-dealkylation sites (tertiary alicyclic amines) is 2. The van der Waals surface area contributed by atoms with Gasteiger partial charge in [-0.3, -0.25) is 9.59 Å². The number of carbonyl (C=O) groups is 2. The third-order valence-corrected chi connectivity index (χ3v) is 8.14. The second kappa shape index (κ2) is 9.07. The minimum absolute atomic E-state index is 0.0263. The lowest BCUT2D eigenvalue weighted by Crippen LogP contribution is -2.50. The molecule has 0 spiro atoms. The van der Waals surface area contributed by atoms with Crippen molar-refractivity contribution in [3.05, 3.63) is 0 Å². The van der Waals surface area contributed by atoms with Crippen molar-refractivity contribution in [3.63, 3.8) is 0 Å². The number of halogens is 3. The van der Waals surface area contributed by atoms with E-state index in [2.05, 4.69) is 0 Å². The highest BCUT2D eigenvalue weighted by Crippen LogP contribution is 2.44. The van der Waals surface area contributed by atoms with Crippen LogP contribution in [0.3, 0.4) is 0 Å². The van der Waals surface area contributed by atoms with Crippen LogP contribution in [0.1, 0.15) is 83.5 Å². The molecule has 2 saturated carbocycles. The molecular weight excluding hydrogens is 393 g/mol. The van der Waals surface area contributed by atoms with Crippen molar-refractivity contribution in [1.29, 1.82) is 0 Å². The van der Waals surface area contributed by atoms with E-state index in [1.807, 2.05) is 4.90 Å². The van der Waals surface area contributed by atoms with E-state index in [0.29, 0.717) is 25.2 Å². The number of fused-ring (bicyclic) bond motifs is 1. The second-order valence-corrected chi connectivity index (χ2v) is 9.93. The van der Waals surface area contributed by atoms with Crippen molar-refractivity contribution >= 4 is 11.8 Å². The Kier molecular flexibility index (Phi) is 6.64. The van der Waals surface area contributed by atoms with E-state index < -0.39 is 18.1 Å². The zero-order valence-electron chi connectivity index (χ0n) is 17.8. The molecule has 4 atom stereocenters. The van der Waals surface area contributed by atoms with Crippen molar-refractivity contribution < 1.29 is 22.8 Å². The zero-order valence-corrected chi connectivity index (χ0v) is 17.8. The molecule has 4 fully saturated rings. The maximum absolute atomic E-state index is 13.7. The highest BCUT2D eigenvalue weighted by molar-refractivity contribution is 5.89. The van der Waals surface area contributed by atoms with E-state index >= 15 is 0 Å². The highest BCUT2D eigenvalue weighted by Gasteiger charge is 2.50. The summed E-state index contributed by atoms with van der Waals surface area (Å²) in [5, 5.41) is 0. The fraction of sp³-hybridized carbons (Fsp3) is 0.913. The highest BCUT2D eigenvalue weighted by atomic mass is 19.4. The predicted molar refractivity (Wildman–Crippen MR) is 108 cm³/mol. The molecule has 2 aliphatic heterocycles. The third kappa shape index (κ3) is 4.50. The van der Waals surface area contributed by atoms with Gasteiger partial charge in [0.2, 0.25) is 11.8 Å². The van der Waals surface area contributed by atoms with Crippen LogP contribution in [-0.2, 0) is 9.59 Å². The standard InChI is InChI=1S/C23H35F3N2O2/c24-23(25,26)18(16-7-1-2-8-16)11-12-21(29)28-19-10-4-3-9-17(19)15-20(28)22(30)27-13-5-6-14-27/h16-20H,1-15H2/t17-,18?,19-,20-/m0/s1. The fourth-order valence-electron chi connectivity index (χ4n) is 6.62. The smallest absolute Gasteiger partial charge is 0.341 e. The van der Waals surface area contributed by atoms with E-state index in [1.165, 1.54) is 0 Å². The Balaban J connectivity index is 1.46. The van der Waals surface area contributed by atoms with Gasteiger partial charge in [0.05, 0.1) is 5.92 Å². The predicted octanol–water partition coefficient (Wildman–Crippen LogP) is 4.92. The molecule has 2 amide bonds. The van der Waals surface area contributed by atoms with Gasteiger partial charge in [0.1, 0.15) is 6.04 Å². The minimum atomic E-state index is -4.25. The van der Waals surface area contributed by atoms with Gasteiger partial charge in [0.15, 0.2) is 0 Å². The number of alkyl halides is 3. The molecule has 0 aromatic heterocycles. The van der Waals surface area contributed by atoms with E-state index in [9.17, 15) is 22.8 Å². The largest absolute Gasteiger partial charge is 0.392 e. The van der Waals surface area contributed by atoms with Crippen LogP contribution in [0, 0.1) is 17.8 Å². The molecule has 0 aromatic carbocycles. The van der Waals surface area contributed by atoms with Crippen LogP contribution in [0.2, 0.25) is 0 Å². The van der Waals surface area contributed by atoms with Crippen molar-refractivity contribution in [2.75, 3.05) is 13.1 Å². The Morgan fingerprint density at radius 2 is 1.53 bits per heavy atom. The molecule has 2 aliphatic carbocycles. The Labute approximate surface area is 177 Å². The van der Waals surface area contributed by atoms with Crippen LogP contribution in [0.25, 0.3) is 0 Å². The molecule has 4 nitrogen and oxygen atoms in total. The Hall–Kier alpha value is -1.27. The molecule has 4 aliphatic rings. The summed E-state index contributed by atoms with van der Waals surface area (Å²) in [7, 11) is 0. The lowest BCUT2D eigenvalue weighted by atomic mass is 9.84. The first kappa shape index (κ1) is 21.9. The number of hydrogen-bond acceptors (Lipinski definition) is 2. The van der Waals surface area contributed by atoms with E-state index in [-0.39, 0.29) is 36.6 Å². The van der Waals surface area contributed by atoms with Gasteiger partial charge in [-0.05, 0) is 63.2 Å². The third-order valence-electron chi connectivity index (χ3n) is 8.14. The average molecular weight is 429 g/mol. The molecule has 30 heavy (non-hydrogen) atoms. The summed E-state index contributed by atoms with van der Waals surface area (Å²) in [4.78, 5) is 30.0. The first-order valence-corrected chi connectivity index (χ1v) is 12.0. The molecule has 7 heteroatoms. The van der Waals surface area contributed by atoms with E-state index in [4.69, 9.17) is 0 Å². The van der Waals surface area contributed by atoms with E-state index in [1.54, 1.807) is 4.90 Å². The first-order valence-electron chi connectivity index (χ1n) is 12.0. The number of hydrogen-bond donors (Lipinski definition) is 0. The van der Waals surface area contributed by atoms with Crippen LogP contribution in [0.4, 0.5) is 13.2 Å². The van der Waals surface area contributed by atoms with Crippen LogP contribution in [-0.4, -0.2) is 53.0 Å². The van der Waals surface area contributed by atoms with Gasteiger partial charge >= 0.3 is 6.18 Å². The monoisotopic (exact) mass is 428 g/mol. The van der Waals surface area contributed by atoms with Gasteiger partial charge in [-0.25, -0.2) is 0 Å². The van der Waals surface area contributed by atoms with Crippen molar-refractivity contribution in [2.45, 2.75) is 102 Å². The van der Waals surface area contributed by atoms with Gasteiger partial charge in [-0.1, -0.05) is 25.7 Å². The molecular formula is C23H35F3N2O2. The van der Waals surface area contributed by atoms with Crippen LogP contribution < -0.4 is 0 Å². The zero-order chi connectivity index (χ0) is 21.3. The first-order chi connectivity index (χ1) is 14.4. The number of amides is 2. The van der Waals surface area contributed by atoms with E-state index in [0.717, 1.165) is 64.5 Å². The van der Waals surface area contributed by atoms with Crippen LogP contribution in [0.5, 0.6) is 0 Å². The normalized spacial score (nSPS) is 31.2. The van der Waals surface area contributed by atoms with Crippen molar-refractivity contribution in [2.24, 2.45) is 17.8 Å². The summed E-state index contributed by atoms with van der Waals surface area (Å²) >= 11 is 0. The Morgan fingerprint density at radius 1 is 0.900 bits per heavy atom. The molecule has 0 N–H and O–H groups in total. The molecule has 4 rings (SSSR count). The second-order valence-electron chi connectivity index (χ2n) is 9.93. The average Bonchev–Trinajstić information content (AvgIpc) is 3.46. The summed E-state index contributed by atoms with van der Waals surface area (Å²) in [6, 6.07) is -0.418. The van der Waals surface area contributed by atoms with Gasteiger partial charge in [0.25, 0.3) is 0 Å². The van der Waals surface area contributed by atoms with Crippen LogP contribution >= 0.6 is 0 Å². The SMILES string of the molecule is O=C([C@@H]1C[C@@H]2CCCC[C@@H]2N1C(=O)CCC(C1CCCC1)C(F)(F)F)N1CCCC1. The van der Waals surface area contributed by atoms with Gasteiger partial charge < -0.3 is 9.80 Å². The summed E-state index contributed by atoms with van der Waals surface area (Å²) in [5.74, 6) is -1.61. The Morgan fingerprint density at radius 3 is 2.20 bits per heavy atom. The topological polar surface area (TPSA) is 40.6 Å². The van der Waals surface area contributed by atoms with Gasteiger partial charge in [-0.15, -0.1) is 0 Å². The molecule has 0 aromatic rings. The quantitative estimate of drug-likeness (QED) is 0.624. The van der Waals surface area contributed by atoms with Gasteiger partial charge in [0, 0.05) is 25.6 Å². The number of nitrogens with zero attached hydrogens (tertiary/aromatic N) is 2. The fourth-order valence-corrected chi connectivity index (χ4v) is 6.62. The molecule has 2 heterocycles. The molecule has 1 unspecified atom stereocenters. The maximum atomic E-state index is 13.7. The number of rotatable bonds is 5. The molecule has 0 radical (unpaired) electrons. The van der Waals surface area contributed by atoms with Gasteiger partial charge in [-0.2, -0.15) is 13.2 Å². The summed E-state index contributed by atoms with van der Waals surface area (Å²) < 4.78 is 41.1. The minimum Gasteiger partial charge on any atom is -0.341 e. The van der Waals surface area contributed by atoms with Crippen molar-refractivity contribution in [1.82, 2.24) is 9.80 Å². The molecule has 170 valence electrons. The molecule has 0 bridgehead atoms. The lowest BCUT2D eigenvalue weighted by molar-refractivity contribution is -0.191. The van der Waals surface area contributed by atoms with Crippen LogP contribution in [0.15, 0.2) is 0 Å². The maximum Gasteiger partial charge on any atom is 0.392 e. The molecule has 2 saturated heterocycles. The number of carbonyl (C=O) groups excluding carboxylic acids is 2. The lowest BCUT2D eigenvalue weighted by Gasteiger charge is -2.35. The Bertz CT molecular complexity index is 626. The van der Waals surface area contributed by atoms with Crippen molar-refractivity contribution in [3.8, 4) is 0 Å². The summed E-state index contributed by atoms with van der Waals surface area (Å²) in [5.41, 5.74) is 0. The summed E-state index contributed by atoms with van der Waals surface area (Å²) in [6.07, 6.45) is 5.19. The summed E-state index contributed by atoms with van der Waals surface area (Å²) in [6.45, 7) is 1.48.